The number of imidazole rings is 1. The third-order valence-electron chi connectivity index (χ3n) is 4.34. The van der Waals surface area contributed by atoms with Crippen LogP contribution in [0.25, 0.3) is 0 Å². The third kappa shape index (κ3) is 3.53. The fourth-order valence-corrected chi connectivity index (χ4v) is 3.20. The van der Waals surface area contributed by atoms with Gasteiger partial charge in [-0.2, -0.15) is 0 Å². The van der Waals surface area contributed by atoms with Crippen LogP contribution in [0.4, 0.5) is 0 Å². The van der Waals surface area contributed by atoms with E-state index in [1.54, 1.807) is 0 Å². The van der Waals surface area contributed by atoms with Gasteiger partial charge in [0.2, 0.25) is 0 Å². The molecule has 0 atom stereocenters. The Morgan fingerprint density at radius 3 is 2.95 bits per heavy atom. The number of piperidine rings is 1. The van der Waals surface area contributed by atoms with Crippen LogP contribution in [0.1, 0.15) is 43.7 Å². The molecule has 3 rings (SSSR count). The summed E-state index contributed by atoms with van der Waals surface area (Å²) in [5.41, 5.74) is 2.58. The number of allylic oxidation sites excluding steroid dienone is 6. The number of nitrogens with zero attached hydrogens (tertiary/aromatic N) is 2. The van der Waals surface area contributed by atoms with Gasteiger partial charge in [-0.1, -0.05) is 37.3 Å². The van der Waals surface area contributed by atoms with E-state index in [9.17, 15) is 0 Å². The molecule has 2 heterocycles. The van der Waals surface area contributed by atoms with Crippen LogP contribution >= 0.6 is 0 Å². The molecule has 1 fully saturated rings. The number of hydrogen-bond acceptors (Lipinski definition) is 2. The second-order valence-electron chi connectivity index (χ2n) is 5.87. The van der Waals surface area contributed by atoms with E-state index < -0.39 is 0 Å². The average Bonchev–Trinajstić information content (AvgIpc) is 2.76. The summed E-state index contributed by atoms with van der Waals surface area (Å²) in [6.45, 7) is 4.46. The highest BCUT2D eigenvalue weighted by molar-refractivity contribution is 5.30. The van der Waals surface area contributed by atoms with Crippen molar-refractivity contribution in [2.45, 2.75) is 45.1 Å². The predicted octanol–water partition coefficient (Wildman–Crippen LogP) is 3.36. The number of aryl methyl sites for hydroxylation is 1. The summed E-state index contributed by atoms with van der Waals surface area (Å²) in [6, 6.07) is 0.628. The highest BCUT2D eigenvalue weighted by Gasteiger charge is 2.18. The summed E-state index contributed by atoms with van der Waals surface area (Å²) in [5.74, 6) is 1.24. The second kappa shape index (κ2) is 6.90. The molecule has 3 nitrogen and oxygen atoms in total. The standard InChI is InChI=1S/C18H25N3/c1-2-18-20-16(13-15-7-5-3-4-6-8-15)14-21(18)17-9-11-19-12-10-17/h3-5,7-8,14,17,19H,2,6,9-13H2,1H3. The van der Waals surface area contributed by atoms with Gasteiger partial charge in [0.05, 0.1) is 5.69 Å². The van der Waals surface area contributed by atoms with E-state index in [1.165, 1.54) is 29.9 Å². The Bertz CT molecular complexity index is 557. The monoisotopic (exact) mass is 283 g/mol. The minimum Gasteiger partial charge on any atom is -0.331 e. The van der Waals surface area contributed by atoms with Crippen LogP contribution in [0.3, 0.4) is 0 Å². The van der Waals surface area contributed by atoms with Gasteiger partial charge in [-0.05, 0) is 37.9 Å². The van der Waals surface area contributed by atoms with Crippen LogP contribution in [0.15, 0.2) is 42.2 Å². The zero-order chi connectivity index (χ0) is 14.5. The Morgan fingerprint density at radius 1 is 1.29 bits per heavy atom. The first-order valence-electron chi connectivity index (χ1n) is 8.16. The van der Waals surface area contributed by atoms with Crippen LogP contribution in [0.5, 0.6) is 0 Å². The van der Waals surface area contributed by atoms with Crippen molar-refractivity contribution in [3.63, 3.8) is 0 Å². The number of rotatable bonds is 4. The van der Waals surface area contributed by atoms with Gasteiger partial charge in [0.1, 0.15) is 5.82 Å². The first-order valence-corrected chi connectivity index (χ1v) is 8.16. The molecule has 1 aliphatic heterocycles. The van der Waals surface area contributed by atoms with Crippen LogP contribution in [-0.4, -0.2) is 22.6 Å². The first-order chi connectivity index (χ1) is 10.4. The lowest BCUT2D eigenvalue weighted by molar-refractivity contribution is 0.360. The van der Waals surface area contributed by atoms with Crippen molar-refractivity contribution in [2.24, 2.45) is 0 Å². The van der Waals surface area contributed by atoms with Crippen molar-refractivity contribution in [1.29, 1.82) is 0 Å². The topological polar surface area (TPSA) is 29.9 Å². The van der Waals surface area contributed by atoms with E-state index in [1.807, 2.05) is 0 Å². The molecule has 0 aromatic carbocycles. The van der Waals surface area contributed by atoms with E-state index >= 15 is 0 Å². The summed E-state index contributed by atoms with van der Waals surface area (Å²) in [4.78, 5) is 4.88. The van der Waals surface area contributed by atoms with E-state index in [0.717, 1.165) is 32.4 Å². The normalized spacial score (nSPS) is 19.6. The lowest BCUT2D eigenvalue weighted by atomic mass is 10.1. The van der Waals surface area contributed by atoms with E-state index in [4.69, 9.17) is 4.98 Å². The maximum absolute atomic E-state index is 4.88. The molecule has 0 saturated carbocycles. The molecule has 0 spiro atoms. The van der Waals surface area contributed by atoms with E-state index in [2.05, 4.69) is 53.4 Å². The number of aromatic nitrogens is 2. The van der Waals surface area contributed by atoms with Crippen molar-refractivity contribution in [1.82, 2.24) is 14.9 Å². The maximum Gasteiger partial charge on any atom is 0.108 e. The molecular weight excluding hydrogens is 258 g/mol. The molecule has 112 valence electrons. The predicted molar refractivity (Wildman–Crippen MR) is 87.4 cm³/mol. The van der Waals surface area contributed by atoms with Crippen LogP contribution in [0.2, 0.25) is 0 Å². The van der Waals surface area contributed by atoms with Crippen LogP contribution < -0.4 is 5.32 Å². The van der Waals surface area contributed by atoms with Crippen molar-refractivity contribution in [3.05, 3.63) is 53.7 Å². The number of hydrogen-bond donors (Lipinski definition) is 1. The zero-order valence-electron chi connectivity index (χ0n) is 12.9. The molecule has 0 amide bonds. The minimum atomic E-state index is 0.628. The molecule has 1 N–H and O–H groups in total. The van der Waals surface area contributed by atoms with Gasteiger partial charge in [0.15, 0.2) is 0 Å². The molecule has 0 bridgehead atoms. The fraction of sp³-hybridized carbons (Fsp3) is 0.500. The number of nitrogens with one attached hydrogen (secondary N) is 1. The Morgan fingerprint density at radius 2 is 2.14 bits per heavy atom. The Labute approximate surface area is 127 Å². The fourth-order valence-electron chi connectivity index (χ4n) is 3.20. The Balaban J connectivity index is 1.77. The molecule has 3 heteroatoms. The van der Waals surface area contributed by atoms with Crippen molar-refractivity contribution in [2.75, 3.05) is 13.1 Å². The van der Waals surface area contributed by atoms with E-state index in [-0.39, 0.29) is 0 Å². The van der Waals surface area contributed by atoms with E-state index in [0.29, 0.717) is 6.04 Å². The largest absolute Gasteiger partial charge is 0.331 e. The second-order valence-corrected chi connectivity index (χ2v) is 5.87. The van der Waals surface area contributed by atoms with Crippen LogP contribution in [0, 0.1) is 0 Å². The van der Waals surface area contributed by atoms with Gasteiger partial charge >= 0.3 is 0 Å². The van der Waals surface area contributed by atoms with Crippen molar-refractivity contribution in [3.8, 4) is 0 Å². The van der Waals surface area contributed by atoms with Gasteiger partial charge in [-0.3, -0.25) is 0 Å². The smallest absolute Gasteiger partial charge is 0.108 e. The molecule has 21 heavy (non-hydrogen) atoms. The summed E-state index contributed by atoms with van der Waals surface area (Å²) in [6.07, 6.45) is 18.7. The van der Waals surface area contributed by atoms with Crippen molar-refractivity contribution >= 4 is 0 Å². The van der Waals surface area contributed by atoms with Crippen molar-refractivity contribution < 1.29 is 0 Å². The Hall–Kier alpha value is -1.61. The van der Waals surface area contributed by atoms with Gasteiger partial charge in [0.25, 0.3) is 0 Å². The van der Waals surface area contributed by atoms with Gasteiger partial charge in [-0.15, -0.1) is 0 Å². The Kier molecular flexibility index (Phi) is 4.71. The average molecular weight is 283 g/mol. The summed E-state index contributed by atoms with van der Waals surface area (Å²) < 4.78 is 2.44. The summed E-state index contributed by atoms with van der Waals surface area (Å²) >= 11 is 0. The maximum atomic E-state index is 4.88. The molecule has 2 aliphatic rings. The molecule has 1 aliphatic carbocycles. The lowest BCUT2D eigenvalue weighted by Gasteiger charge is -2.25. The van der Waals surface area contributed by atoms with Gasteiger partial charge in [-0.25, -0.2) is 4.98 Å². The zero-order valence-corrected chi connectivity index (χ0v) is 12.9. The highest BCUT2D eigenvalue weighted by atomic mass is 15.1. The molecule has 0 unspecified atom stereocenters. The molecule has 1 aromatic rings. The molecule has 0 radical (unpaired) electrons. The lowest BCUT2D eigenvalue weighted by Crippen LogP contribution is -2.29. The van der Waals surface area contributed by atoms with Gasteiger partial charge in [0, 0.05) is 25.1 Å². The SMILES string of the molecule is CCc1nc(CC2=CCC=CC=C2)cn1C1CCNCC1. The quantitative estimate of drug-likeness (QED) is 0.918. The molecule has 1 aromatic heterocycles. The summed E-state index contributed by atoms with van der Waals surface area (Å²) in [7, 11) is 0. The van der Waals surface area contributed by atoms with Crippen LogP contribution in [-0.2, 0) is 12.8 Å². The molecular formula is C18H25N3. The first kappa shape index (κ1) is 14.3. The highest BCUT2D eigenvalue weighted by Crippen LogP contribution is 2.23. The minimum absolute atomic E-state index is 0.628. The summed E-state index contributed by atoms with van der Waals surface area (Å²) in [5, 5.41) is 3.44. The van der Waals surface area contributed by atoms with Gasteiger partial charge < -0.3 is 9.88 Å². The molecule has 1 saturated heterocycles. The third-order valence-corrected chi connectivity index (χ3v) is 4.34.